The molecule has 0 atom stereocenters. The Morgan fingerprint density at radius 2 is 1.63 bits per heavy atom. The van der Waals surface area contributed by atoms with E-state index in [1.165, 1.54) is 37.4 Å². The summed E-state index contributed by atoms with van der Waals surface area (Å²) < 4.78 is 23.5. The van der Waals surface area contributed by atoms with Crippen molar-refractivity contribution in [1.82, 2.24) is 15.8 Å². The largest absolute Gasteiger partial charge is 0.497 e. The first kappa shape index (κ1) is 23.4. The minimum Gasteiger partial charge on any atom is -0.497 e. The highest BCUT2D eigenvalue weighted by Gasteiger charge is 2.17. The van der Waals surface area contributed by atoms with Crippen molar-refractivity contribution < 1.29 is 28.2 Å². The lowest BCUT2D eigenvalue weighted by atomic mass is 10.0. The zero-order chi connectivity index (χ0) is 24.8. The molecule has 0 saturated heterocycles. The van der Waals surface area contributed by atoms with Gasteiger partial charge in [0, 0.05) is 16.5 Å². The lowest BCUT2D eigenvalue weighted by Crippen LogP contribution is -2.43. The van der Waals surface area contributed by atoms with Crippen LogP contribution in [-0.4, -0.2) is 36.5 Å². The van der Waals surface area contributed by atoms with Crippen LogP contribution in [0.2, 0.25) is 0 Å². The van der Waals surface area contributed by atoms with E-state index in [1.807, 2.05) is 0 Å². The van der Waals surface area contributed by atoms with Crippen LogP contribution in [0.3, 0.4) is 0 Å². The Hall–Kier alpha value is -4.79. The van der Waals surface area contributed by atoms with Gasteiger partial charge in [-0.25, -0.2) is 14.2 Å². The van der Waals surface area contributed by atoms with Crippen LogP contribution in [0.4, 0.5) is 4.39 Å². The number of benzene rings is 3. The Morgan fingerprint density at radius 1 is 0.914 bits per heavy atom. The molecule has 0 fully saturated rings. The van der Waals surface area contributed by atoms with Gasteiger partial charge in [-0.05, 0) is 60.7 Å². The van der Waals surface area contributed by atoms with Crippen molar-refractivity contribution in [2.75, 3.05) is 13.7 Å². The fraction of sp³-hybridized carbons (Fsp3) is 0.0769. The van der Waals surface area contributed by atoms with Gasteiger partial charge in [-0.3, -0.25) is 20.4 Å². The molecule has 0 aliphatic heterocycles. The number of pyridine rings is 1. The molecular formula is C26H20FN3O5. The molecule has 8 nitrogen and oxygen atoms in total. The van der Waals surface area contributed by atoms with E-state index in [0.717, 1.165) is 0 Å². The van der Waals surface area contributed by atoms with E-state index in [4.69, 9.17) is 9.47 Å². The van der Waals surface area contributed by atoms with Crippen LogP contribution in [0.1, 0.15) is 20.7 Å². The Balaban J connectivity index is 1.43. The third-order valence-electron chi connectivity index (χ3n) is 5.08. The number of carbonyl (C=O) groups excluding carboxylic acids is 3. The number of esters is 1. The fourth-order valence-corrected chi connectivity index (χ4v) is 3.30. The lowest BCUT2D eigenvalue weighted by molar-refractivity contribution is -0.125. The number of ether oxygens (including phenoxy) is 2. The Morgan fingerprint density at radius 3 is 2.34 bits per heavy atom. The van der Waals surface area contributed by atoms with Crippen molar-refractivity contribution in [2.45, 2.75) is 0 Å². The van der Waals surface area contributed by atoms with Gasteiger partial charge in [-0.1, -0.05) is 18.2 Å². The molecule has 0 spiro atoms. The average Bonchev–Trinajstić information content (AvgIpc) is 2.90. The topological polar surface area (TPSA) is 107 Å². The van der Waals surface area contributed by atoms with E-state index in [9.17, 15) is 18.8 Å². The predicted octanol–water partition coefficient (Wildman–Crippen LogP) is 3.67. The fourth-order valence-electron chi connectivity index (χ4n) is 3.30. The Labute approximate surface area is 199 Å². The predicted molar refractivity (Wildman–Crippen MR) is 126 cm³/mol. The third kappa shape index (κ3) is 5.59. The van der Waals surface area contributed by atoms with E-state index < -0.39 is 24.4 Å². The van der Waals surface area contributed by atoms with Crippen LogP contribution in [0.15, 0.2) is 78.9 Å². The smallest absolute Gasteiger partial charge is 0.339 e. The maximum atomic E-state index is 13.3. The first-order chi connectivity index (χ1) is 16.9. The summed E-state index contributed by atoms with van der Waals surface area (Å²) in [5, 5.41) is 0.538. The number of nitrogens with zero attached hydrogens (tertiary/aromatic N) is 1. The van der Waals surface area contributed by atoms with E-state index >= 15 is 0 Å². The molecule has 1 heterocycles. The summed E-state index contributed by atoms with van der Waals surface area (Å²) in [6.07, 6.45) is 0. The van der Waals surface area contributed by atoms with Gasteiger partial charge in [0.05, 0.1) is 23.9 Å². The van der Waals surface area contributed by atoms with Crippen molar-refractivity contribution in [3.05, 3.63) is 95.8 Å². The summed E-state index contributed by atoms with van der Waals surface area (Å²) in [4.78, 5) is 41.6. The van der Waals surface area contributed by atoms with Gasteiger partial charge < -0.3 is 9.47 Å². The standard InChI is InChI=1S/C26H20FN3O5/c1-34-19-12-8-17(9-13-19)25(32)30-29-24(31)15-35-26(33)21-14-23(16-6-10-18(27)11-7-16)28-22-5-3-2-4-20(21)22/h2-14H,15H2,1H3,(H,29,31)(H,30,32). The van der Waals surface area contributed by atoms with Crippen LogP contribution in [0, 0.1) is 5.82 Å². The maximum Gasteiger partial charge on any atom is 0.339 e. The molecule has 2 amide bonds. The second-order valence-electron chi connectivity index (χ2n) is 7.39. The SMILES string of the molecule is COc1ccc(C(=O)NNC(=O)COC(=O)c2cc(-c3ccc(F)cc3)nc3ccccc23)cc1. The number of aromatic nitrogens is 1. The van der Waals surface area contributed by atoms with E-state index in [0.29, 0.717) is 33.5 Å². The number of halogens is 1. The van der Waals surface area contributed by atoms with Crippen molar-refractivity contribution in [3.8, 4) is 17.0 Å². The van der Waals surface area contributed by atoms with Gasteiger partial charge in [0.25, 0.3) is 11.8 Å². The molecule has 0 bridgehead atoms. The molecule has 4 aromatic rings. The lowest BCUT2D eigenvalue weighted by Gasteiger charge is -2.11. The second kappa shape index (κ2) is 10.4. The molecule has 9 heteroatoms. The first-order valence-electron chi connectivity index (χ1n) is 10.5. The monoisotopic (exact) mass is 473 g/mol. The number of hydrogen-bond acceptors (Lipinski definition) is 6. The number of amides is 2. The molecule has 176 valence electrons. The van der Waals surface area contributed by atoms with Gasteiger partial charge in [0.1, 0.15) is 11.6 Å². The summed E-state index contributed by atoms with van der Waals surface area (Å²) in [6, 6.07) is 20.5. The van der Waals surface area contributed by atoms with Gasteiger partial charge in [-0.2, -0.15) is 0 Å². The number of hydrazine groups is 1. The molecule has 0 saturated carbocycles. The van der Waals surface area contributed by atoms with E-state index in [2.05, 4.69) is 15.8 Å². The molecule has 1 aromatic heterocycles. The van der Waals surface area contributed by atoms with Crippen LogP contribution in [-0.2, 0) is 9.53 Å². The Kier molecular flexibility index (Phi) is 6.96. The highest BCUT2D eigenvalue weighted by atomic mass is 19.1. The third-order valence-corrected chi connectivity index (χ3v) is 5.08. The number of nitrogens with one attached hydrogen (secondary N) is 2. The summed E-state index contributed by atoms with van der Waals surface area (Å²) in [6.45, 7) is -0.621. The summed E-state index contributed by atoms with van der Waals surface area (Å²) in [5.74, 6) is -1.82. The molecule has 0 unspecified atom stereocenters. The van der Waals surface area contributed by atoms with Gasteiger partial charge in [-0.15, -0.1) is 0 Å². The summed E-state index contributed by atoms with van der Waals surface area (Å²) in [5.41, 5.74) is 6.56. The highest BCUT2D eigenvalue weighted by Crippen LogP contribution is 2.25. The Bertz CT molecular complexity index is 1390. The van der Waals surface area contributed by atoms with Crippen molar-refractivity contribution >= 4 is 28.7 Å². The van der Waals surface area contributed by atoms with Crippen LogP contribution in [0.5, 0.6) is 5.75 Å². The first-order valence-corrected chi connectivity index (χ1v) is 10.5. The number of hydrogen-bond donors (Lipinski definition) is 2. The van der Waals surface area contributed by atoms with Crippen molar-refractivity contribution in [3.63, 3.8) is 0 Å². The number of para-hydroxylation sites is 1. The summed E-state index contributed by atoms with van der Waals surface area (Å²) >= 11 is 0. The van der Waals surface area contributed by atoms with Crippen LogP contribution in [0.25, 0.3) is 22.2 Å². The molecule has 2 N–H and O–H groups in total. The molecular weight excluding hydrogens is 453 g/mol. The number of rotatable bonds is 6. The minimum atomic E-state index is -0.747. The van der Waals surface area contributed by atoms with Gasteiger partial charge >= 0.3 is 5.97 Å². The zero-order valence-electron chi connectivity index (χ0n) is 18.6. The average molecular weight is 473 g/mol. The zero-order valence-corrected chi connectivity index (χ0v) is 18.6. The van der Waals surface area contributed by atoms with Crippen molar-refractivity contribution in [2.24, 2.45) is 0 Å². The molecule has 35 heavy (non-hydrogen) atoms. The van der Waals surface area contributed by atoms with E-state index in [-0.39, 0.29) is 11.4 Å². The highest BCUT2D eigenvalue weighted by molar-refractivity contribution is 6.05. The van der Waals surface area contributed by atoms with Gasteiger partial charge in [0.15, 0.2) is 6.61 Å². The quantitative estimate of drug-likeness (QED) is 0.327. The maximum absolute atomic E-state index is 13.3. The van der Waals surface area contributed by atoms with Crippen molar-refractivity contribution in [1.29, 1.82) is 0 Å². The van der Waals surface area contributed by atoms with Crippen LogP contribution < -0.4 is 15.6 Å². The number of carbonyl (C=O) groups is 3. The van der Waals surface area contributed by atoms with E-state index in [1.54, 1.807) is 48.5 Å². The second-order valence-corrected chi connectivity index (χ2v) is 7.39. The van der Waals surface area contributed by atoms with Crippen LogP contribution >= 0.6 is 0 Å². The summed E-state index contributed by atoms with van der Waals surface area (Å²) in [7, 11) is 1.51. The molecule has 3 aromatic carbocycles. The number of methoxy groups -OCH3 is 1. The number of fused-ring (bicyclic) bond motifs is 1. The minimum absolute atomic E-state index is 0.199. The molecule has 0 radical (unpaired) electrons. The molecule has 0 aliphatic carbocycles. The molecule has 4 rings (SSSR count). The van der Waals surface area contributed by atoms with Gasteiger partial charge in [0.2, 0.25) is 0 Å². The normalized spacial score (nSPS) is 10.5. The molecule has 0 aliphatic rings.